The Hall–Kier alpha value is -2.50. The Balaban J connectivity index is 2.00. The highest BCUT2D eigenvalue weighted by Gasteiger charge is 2.44. The molecular formula is C22H30N2O4. The number of nitrogens with zero attached hydrogens (tertiary/aromatic N) is 2. The number of carbonyl (C=O) groups is 2. The number of rotatable bonds is 0. The zero-order valence-electron chi connectivity index (χ0n) is 17.5. The van der Waals surface area contributed by atoms with Gasteiger partial charge in [0.2, 0.25) is 0 Å². The van der Waals surface area contributed by atoms with E-state index in [2.05, 4.69) is 6.08 Å². The molecule has 0 aromatic carbocycles. The molecule has 0 N–H and O–H groups in total. The standard InChI is InChI=1S/C22H30N2O4/c1-21(2,3)27-19(25)23-14-13-15-11-12-17(23)18-10-8-7-9-16(15)24(18)20(26)28-22(4,5)6/h7-18H,1-6H3/t15-,16-,17-,18-/m0/s1. The highest BCUT2D eigenvalue weighted by atomic mass is 16.6. The summed E-state index contributed by atoms with van der Waals surface area (Å²) in [6.45, 7) is 11.1. The molecule has 0 aromatic rings. The third-order valence-corrected chi connectivity index (χ3v) is 4.64. The lowest BCUT2D eigenvalue weighted by molar-refractivity contribution is -0.000598. The molecule has 0 aromatic heterocycles. The Morgan fingerprint density at radius 2 is 1.29 bits per heavy atom. The van der Waals surface area contributed by atoms with Crippen molar-refractivity contribution in [3.63, 3.8) is 0 Å². The Morgan fingerprint density at radius 3 is 1.89 bits per heavy atom. The van der Waals surface area contributed by atoms with Gasteiger partial charge in [0, 0.05) is 12.1 Å². The predicted molar refractivity (Wildman–Crippen MR) is 108 cm³/mol. The number of hydrogen-bond acceptors (Lipinski definition) is 4. The van der Waals surface area contributed by atoms with Gasteiger partial charge in [0.05, 0.1) is 18.1 Å². The van der Waals surface area contributed by atoms with Crippen LogP contribution < -0.4 is 0 Å². The van der Waals surface area contributed by atoms with E-state index in [0.717, 1.165) is 0 Å². The van der Waals surface area contributed by atoms with Crippen molar-refractivity contribution in [2.24, 2.45) is 5.92 Å². The minimum Gasteiger partial charge on any atom is -0.444 e. The van der Waals surface area contributed by atoms with Gasteiger partial charge in [-0.3, -0.25) is 9.80 Å². The van der Waals surface area contributed by atoms with Gasteiger partial charge in [0.25, 0.3) is 0 Å². The maximum Gasteiger partial charge on any atom is 0.414 e. The Kier molecular flexibility index (Phi) is 5.17. The van der Waals surface area contributed by atoms with E-state index in [9.17, 15) is 9.59 Å². The average Bonchev–Trinajstić information content (AvgIpc) is 2.93. The van der Waals surface area contributed by atoms with Gasteiger partial charge >= 0.3 is 12.2 Å². The van der Waals surface area contributed by atoms with Crippen LogP contribution in [0.15, 0.2) is 48.7 Å². The molecule has 0 unspecified atom stereocenters. The summed E-state index contributed by atoms with van der Waals surface area (Å²) in [6, 6.07) is -0.938. The summed E-state index contributed by atoms with van der Waals surface area (Å²) in [5.41, 5.74) is -1.22. The van der Waals surface area contributed by atoms with E-state index in [4.69, 9.17) is 9.47 Å². The average molecular weight is 386 g/mol. The van der Waals surface area contributed by atoms with Gasteiger partial charge < -0.3 is 9.47 Å². The van der Waals surface area contributed by atoms with E-state index in [1.807, 2.05) is 78.0 Å². The first-order chi connectivity index (χ1) is 13.0. The number of carbonyl (C=O) groups excluding carboxylic acids is 2. The molecule has 6 heteroatoms. The predicted octanol–water partition coefficient (Wildman–Crippen LogP) is 4.41. The van der Waals surface area contributed by atoms with Crippen LogP contribution in [0.4, 0.5) is 9.59 Å². The molecule has 3 heterocycles. The fourth-order valence-corrected chi connectivity index (χ4v) is 3.58. The maximum absolute atomic E-state index is 13.1. The second kappa shape index (κ2) is 7.15. The quantitative estimate of drug-likeness (QED) is 0.579. The molecular weight excluding hydrogens is 356 g/mol. The molecule has 0 saturated heterocycles. The SMILES string of the molecule is CC(C)(C)OC(=O)N1C=C[C@@H]2C=C[C@H]1[C@@H]1C=CC=C[C@@H]2N1C(=O)OC(C)(C)C. The summed E-state index contributed by atoms with van der Waals surface area (Å²) in [7, 11) is 0. The smallest absolute Gasteiger partial charge is 0.414 e. The minimum atomic E-state index is -0.608. The number of allylic oxidation sites excluding steroid dienone is 2. The lowest BCUT2D eigenvalue weighted by atomic mass is 9.97. The first kappa shape index (κ1) is 20.2. The van der Waals surface area contributed by atoms with Crippen LogP contribution in [0.3, 0.4) is 0 Å². The molecule has 4 bridgehead atoms. The van der Waals surface area contributed by atoms with Crippen LogP contribution in [-0.4, -0.2) is 51.3 Å². The van der Waals surface area contributed by atoms with E-state index in [1.54, 1.807) is 16.0 Å². The highest BCUT2D eigenvalue weighted by molar-refractivity contribution is 5.73. The molecule has 0 aliphatic carbocycles. The third-order valence-electron chi connectivity index (χ3n) is 4.64. The Bertz CT molecular complexity index is 751. The monoisotopic (exact) mass is 386 g/mol. The molecule has 0 saturated carbocycles. The third kappa shape index (κ3) is 4.32. The normalized spacial score (nSPS) is 28.6. The Morgan fingerprint density at radius 1 is 0.714 bits per heavy atom. The molecule has 0 fully saturated rings. The highest BCUT2D eigenvalue weighted by Crippen LogP contribution is 2.34. The molecule has 0 radical (unpaired) electrons. The van der Waals surface area contributed by atoms with Gasteiger partial charge in [-0.15, -0.1) is 0 Å². The van der Waals surface area contributed by atoms with E-state index < -0.39 is 23.4 Å². The van der Waals surface area contributed by atoms with Crippen molar-refractivity contribution in [2.45, 2.75) is 70.9 Å². The van der Waals surface area contributed by atoms with Crippen LogP contribution in [0.5, 0.6) is 0 Å². The maximum atomic E-state index is 13.1. The molecule has 2 amide bonds. The largest absolute Gasteiger partial charge is 0.444 e. The summed E-state index contributed by atoms with van der Waals surface area (Å²) in [5, 5.41) is 0. The number of amides is 2. The number of hydrogen-bond donors (Lipinski definition) is 0. The fourth-order valence-electron chi connectivity index (χ4n) is 3.58. The van der Waals surface area contributed by atoms with Crippen LogP contribution in [-0.2, 0) is 9.47 Å². The summed E-state index contributed by atoms with van der Waals surface area (Å²) < 4.78 is 11.3. The summed E-state index contributed by atoms with van der Waals surface area (Å²) >= 11 is 0. The van der Waals surface area contributed by atoms with Crippen LogP contribution in [0.25, 0.3) is 0 Å². The fraction of sp³-hybridized carbons (Fsp3) is 0.545. The van der Waals surface area contributed by atoms with E-state index in [0.29, 0.717) is 0 Å². The van der Waals surface area contributed by atoms with Crippen LogP contribution in [0, 0.1) is 5.92 Å². The van der Waals surface area contributed by atoms with E-state index in [1.165, 1.54) is 0 Å². The van der Waals surface area contributed by atoms with Crippen LogP contribution in [0.1, 0.15) is 41.5 Å². The van der Waals surface area contributed by atoms with Gasteiger partial charge in [-0.1, -0.05) is 42.5 Å². The van der Waals surface area contributed by atoms with Crippen molar-refractivity contribution < 1.29 is 19.1 Å². The first-order valence-corrected chi connectivity index (χ1v) is 9.70. The molecule has 152 valence electrons. The second-order valence-electron chi connectivity index (χ2n) is 9.32. The molecule has 28 heavy (non-hydrogen) atoms. The van der Waals surface area contributed by atoms with Gasteiger partial charge in [-0.2, -0.15) is 0 Å². The van der Waals surface area contributed by atoms with Crippen LogP contribution >= 0.6 is 0 Å². The van der Waals surface area contributed by atoms with Crippen molar-refractivity contribution in [2.75, 3.05) is 0 Å². The molecule has 0 spiro atoms. The number of ether oxygens (including phenoxy) is 2. The molecule has 3 aliphatic heterocycles. The zero-order valence-corrected chi connectivity index (χ0v) is 17.5. The van der Waals surface area contributed by atoms with Crippen molar-refractivity contribution >= 4 is 12.2 Å². The second-order valence-corrected chi connectivity index (χ2v) is 9.32. The number of fused-ring (bicyclic) bond motifs is 6. The molecule has 3 aliphatic rings. The first-order valence-electron chi connectivity index (χ1n) is 9.70. The van der Waals surface area contributed by atoms with Gasteiger partial charge in [-0.25, -0.2) is 9.59 Å². The molecule has 3 rings (SSSR count). The van der Waals surface area contributed by atoms with Gasteiger partial charge in [-0.05, 0) is 41.5 Å². The van der Waals surface area contributed by atoms with Crippen molar-refractivity contribution in [1.82, 2.24) is 9.80 Å². The summed E-state index contributed by atoms with van der Waals surface area (Å²) in [5.74, 6) is -0.0661. The topological polar surface area (TPSA) is 59.1 Å². The Labute approximate surface area is 167 Å². The van der Waals surface area contributed by atoms with Gasteiger partial charge in [0.15, 0.2) is 0 Å². The van der Waals surface area contributed by atoms with Crippen LogP contribution in [0.2, 0.25) is 0 Å². The van der Waals surface area contributed by atoms with E-state index in [-0.39, 0.29) is 24.0 Å². The van der Waals surface area contributed by atoms with Crippen molar-refractivity contribution in [3.8, 4) is 0 Å². The zero-order chi connectivity index (χ0) is 20.7. The van der Waals surface area contributed by atoms with Gasteiger partial charge in [0.1, 0.15) is 11.2 Å². The van der Waals surface area contributed by atoms with Crippen molar-refractivity contribution in [3.05, 3.63) is 48.7 Å². The lowest BCUT2D eigenvalue weighted by Gasteiger charge is -2.42. The lowest BCUT2D eigenvalue weighted by Crippen LogP contribution is -2.57. The summed E-state index contributed by atoms with van der Waals surface area (Å²) in [4.78, 5) is 29.3. The molecule has 4 atom stereocenters. The van der Waals surface area contributed by atoms with Crippen molar-refractivity contribution in [1.29, 1.82) is 0 Å². The molecule has 6 nitrogen and oxygen atoms in total. The minimum absolute atomic E-state index is 0.0661. The summed E-state index contributed by atoms with van der Waals surface area (Å²) in [6.07, 6.45) is 14.7. The van der Waals surface area contributed by atoms with E-state index >= 15 is 0 Å².